The molecule has 0 saturated carbocycles. The van der Waals surface area contributed by atoms with Crippen LogP contribution in [-0.4, -0.2) is 17.0 Å². The summed E-state index contributed by atoms with van der Waals surface area (Å²) in [6.07, 6.45) is 0. The minimum absolute atomic E-state index is 0.265. The van der Waals surface area contributed by atoms with Crippen LogP contribution in [0, 0.1) is 12.7 Å². The summed E-state index contributed by atoms with van der Waals surface area (Å²) in [6, 6.07) is 7.84. The molecule has 0 fully saturated rings. The predicted octanol–water partition coefficient (Wildman–Crippen LogP) is 3.35. The number of anilines is 2. The molecule has 0 radical (unpaired) electrons. The first kappa shape index (κ1) is 11.8. The second-order valence-corrected chi connectivity index (χ2v) is 4.02. The molecule has 17 heavy (non-hydrogen) atoms. The molecule has 0 N–H and O–H groups in total. The lowest BCUT2D eigenvalue weighted by Crippen LogP contribution is -2.12. The van der Waals surface area contributed by atoms with Crippen LogP contribution in [0.4, 0.5) is 15.9 Å². The molecule has 2 rings (SSSR count). The molecule has 0 aliphatic rings. The van der Waals surface area contributed by atoms with Crippen molar-refractivity contribution < 1.29 is 4.39 Å². The Morgan fingerprint density at radius 1 is 1.18 bits per heavy atom. The third-order valence-electron chi connectivity index (χ3n) is 2.35. The van der Waals surface area contributed by atoms with Gasteiger partial charge in [0.2, 0.25) is 0 Å². The van der Waals surface area contributed by atoms with Crippen LogP contribution in [0.25, 0.3) is 0 Å². The number of aryl methyl sites for hydroxylation is 1. The van der Waals surface area contributed by atoms with Gasteiger partial charge in [0, 0.05) is 18.8 Å². The van der Waals surface area contributed by atoms with Crippen molar-refractivity contribution in [1.82, 2.24) is 9.97 Å². The average Bonchev–Trinajstić information content (AvgIpc) is 2.28. The van der Waals surface area contributed by atoms with E-state index in [1.807, 2.05) is 11.9 Å². The van der Waals surface area contributed by atoms with Crippen LogP contribution in [0.3, 0.4) is 0 Å². The normalized spacial score (nSPS) is 10.4. The molecular weight excluding hydrogens is 241 g/mol. The Hall–Kier alpha value is -1.68. The number of hydrogen-bond acceptors (Lipinski definition) is 3. The molecule has 0 unspecified atom stereocenters. The molecule has 0 saturated heterocycles. The van der Waals surface area contributed by atoms with Crippen LogP contribution in [0.5, 0.6) is 0 Å². The van der Waals surface area contributed by atoms with Gasteiger partial charge in [0.15, 0.2) is 0 Å². The minimum atomic E-state index is -0.265. The van der Waals surface area contributed by atoms with E-state index in [0.717, 1.165) is 5.69 Å². The quantitative estimate of drug-likeness (QED) is 0.767. The van der Waals surface area contributed by atoms with Gasteiger partial charge < -0.3 is 4.90 Å². The number of hydrogen-bond donors (Lipinski definition) is 0. The molecule has 0 atom stereocenters. The van der Waals surface area contributed by atoms with E-state index >= 15 is 0 Å². The van der Waals surface area contributed by atoms with Crippen molar-refractivity contribution in [2.45, 2.75) is 6.92 Å². The SMILES string of the molecule is Cc1nc(Cl)cc(N(C)c2ccc(F)cc2)n1. The summed E-state index contributed by atoms with van der Waals surface area (Å²) in [5, 5.41) is 0.390. The van der Waals surface area contributed by atoms with Gasteiger partial charge in [0.05, 0.1) is 0 Å². The van der Waals surface area contributed by atoms with Crippen LogP contribution in [0.15, 0.2) is 30.3 Å². The van der Waals surface area contributed by atoms with Crippen LogP contribution in [0.2, 0.25) is 5.15 Å². The lowest BCUT2D eigenvalue weighted by molar-refractivity contribution is 0.628. The van der Waals surface area contributed by atoms with Crippen molar-refractivity contribution in [3.05, 3.63) is 47.1 Å². The van der Waals surface area contributed by atoms with Crippen molar-refractivity contribution in [3.63, 3.8) is 0 Å². The Bertz CT molecular complexity index is 508. The zero-order chi connectivity index (χ0) is 12.4. The number of rotatable bonds is 2. The lowest BCUT2D eigenvalue weighted by Gasteiger charge is -2.18. The Balaban J connectivity index is 2.36. The predicted molar refractivity (Wildman–Crippen MR) is 66.2 cm³/mol. The smallest absolute Gasteiger partial charge is 0.137 e. The maximum Gasteiger partial charge on any atom is 0.137 e. The highest BCUT2D eigenvalue weighted by atomic mass is 35.5. The molecule has 5 heteroatoms. The van der Waals surface area contributed by atoms with Crippen LogP contribution >= 0.6 is 11.6 Å². The molecule has 0 amide bonds. The number of benzene rings is 1. The Morgan fingerprint density at radius 3 is 2.41 bits per heavy atom. The first-order valence-electron chi connectivity index (χ1n) is 5.07. The first-order chi connectivity index (χ1) is 8.06. The molecule has 88 valence electrons. The topological polar surface area (TPSA) is 29.0 Å². The van der Waals surface area contributed by atoms with E-state index in [9.17, 15) is 4.39 Å². The largest absolute Gasteiger partial charge is 0.329 e. The van der Waals surface area contributed by atoms with Gasteiger partial charge in [0.25, 0.3) is 0 Å². The van der Waals surface area contributed by atoms with Gasteiger partial charge in [-0.05, 0) is 31.2 Å². The lowest BCUT2D eigenvalue weighted by atomic mass is 10.3. The van der Waals surface area contributed by atoms with E-state index in [2.05, 4.69) is 9.97 Å². The van der Waals surface area contributed by atoms with Crippen LogP contribution in [-0.2, 0) is 0 Å². The van der Waals surface area contributed by atoms with E-state index in [1.165, 1.54) is 12.1 Å². The number of nitrogens with zero attached hydrogens (tertiary/aromatic N) is 3. The fourth-order valence-electron chi connectivity index (χ4n) is 1.49. The Kier molecular flexibility index (Phi) is 3.24. The van der Waals surface area contributed by atoms with Gasteiger partial charge in [-0.15, -0.1) is 0 Å². The third kappa shape index (κ3) is 2.71. The van der Waals surface area contributed by atoms with Crippen molar-refractivity contribution in [2.24, 2.45) is 0 Å². The first-order valence-corrected chi connectivity index (χ1v) is 5.44. The Morgan fingerprint density at radius 2 is 1.82 bits per heavy atom. The number of aromatic nitrogens is 2. The van der Waals surface area contributed by atoms with Crippen molar-refractivity contribution >= 4 is 23.1 Å². The second kappa shape index (κ2) is 4.67. The number of halogens is 2. The van der Waals surface area contributed by atoms with E-state index in [1.54, 1.807) is 25.1 Å². The molecule has 1 aromatic heterocycles. The summed E-state index contributed by atoms with van der Waals surface area (Å²) < 4.78 is 12.8. The van der Waals surface area contributed by atoms with Gasteiger partial charge in [-0.2, -0.15) is 0 Å². The van der Waals surface area contributed by atoms with Crippen LogP contribution in [0.1, 0.15) is 5.82 Å². The standard InChI is InChI=1S/C12H11ClFN3/c1-8-15-11(13)7-12(16-8)17(2)10-5-3-9(14)4-6-10/h3-7H,1-2H3. The van der Waals surface area contributed by atoms with E-state index in [4.69, 9.17) is 11.6 Å². The fraction of sp³-hybridized carbons (Fsp3) is 0.167. The van der Waals surface area contributed by atoms with Gasteiger partial charge in [-0.1, -0.05) is 11.6 Å². The molecule has 0 aliphatic heterocycles. The molecule has 0 bridgehead atoms. The monoisotopic (exact) mass is 251 g/mol. The highest BCUT2D eigenvalue weighted by Crippen LogP contribution is 2.23. The van der Waals surface area contributed by atoms with Crippen molar-refractivity contribution in [3.8, 4) is 0 Å². The maximum atomic E-state index is 12.8. The molecule has 1 aromatic carbocycles. The maximum absolute atomic E-state index is 12.8. The molecule has 3 nitrogen and oxygen atoms in total. The van der Waals surface area contributed by atoms with E-state index in [-0.39, 0.29) is 5.82 Å². The van der Waals surface area contributed by atoms with E-state index < -0.39 is 0 Å². The van der Waals surface area contributed by atoms with Gasteiger partial charge in [-0.25, -0.2) is 14.4 Å². The zero-order valence-corrected chi connectivity index (χ0v) is 10.2. The fourth-order valence-corrected chi connectivity index (χ4v) is 1.71. The van der Waals surface area contributed by atoms with Crippen molar-refractivity contribution in [1.29, 1.82) is 0 Å². The highest BCUT2D eigenvalue weighted by molar-refractivity contribution is 6.29. The van der Waals surface area contributed by atoms with Gasteiger partial charge >= 0.3 is 0 Å². The van der Waals surface area contributed by atoms with Crippen molar-refractivity contribution in [2.75, 3.05) is 11.9 Å². The summed E-state index contributed by atoms with van der Waals surface area (Å²) in [4.78, 5) is 10.1. The van der Waals surface area contributed by atoms with E-state index in [0.29, 0.717) is 16.8 Å². The summed E-state index contributed by atoms with van der Waals surface area (Å²) in [7, 11) is 1.84. The zero-order valence-electron chi connectivity index (χ0n) is 9.48. The second-order valence-electron chi connectivity index (χ2n) is 3.63. The van der Waals surface area contributed by atoms with Gasteiger partial charge in [0.1, 0.15) is 22.6 Å². The summed E-state index contributed by atoms with van der Waals surface area (Å²) in [6.45, 7) is 1.77. The highest BCUT2D eigenvalue weighted by Gasteiger charge is 2.07. The molecule has 0 spiro atoms. The van der Waals surface area contributed by atoms with Gasteiger partial charge in [-0.3, -0.25) is 0 Å². The minimum Gasteiger partial charge on any atom is -0.329 e. The molecule has 0 aliphatic carbocycles. The Labute approximate surface area is 104 Å². The molecule has 2 aromatic rings. The molecular formula is C12H11ClFN3. The van der Waals surface area contributed by atoms with Crippen LogP contribution < -0.4 is 4.90 Å². The third-order valence-corrected chi connectivity index (χ3v) is 2.54. The average molecular weight is 252 g/mol. The summed E-state index contributed by atoms with van der Waals surface area (Å²) in [5.74, 6) is 1.01. The summed E-state index contributed by atoms with van der Waals surface area (Å²) in [5.41, 5.74) is 0.834. The molecule has 1 heterocycles. The summed E-state index contributed by atoms with van der Waals surface area (Å²) >= 11 is 5.87.